The number of carbonyl (C=O) groups excluding carboxylic acids is 1. The molecule has 1 aliphatic rings. The van der Waals surface area contributed by atoms with Crippen LogP contribution in [0.3, 0.4) is 0 Å². The molecule has 0 N–H and O–H groups in total. The molecule has 0 amide bonds. The molecule has 0 unspecified atom stereocenters. The van der Waals surface area contributed by atoms with Gasteiger partial charge in [0.2, 0.25) is 0 Å². The Labute approximate surface area is 281 Å². The summed E-state index contributed by atoms with van der Waals surface area (Å²) in [5.41, 5.74) is 2.05. The zero-order valence-electron chi connectivity index (χ0n) is 24.8. The zero-order chi connectivity index (χ0) is 31.1. The molecule has 5 heteroatoms. The molecule has 1 saturated carbocycles. The van der Waals surface area contributed by atoms with E-state index in [0.29, 0.717) is 13.2 Å². The Kier molecular flexibility index (Phi) is 19.9. The molecule has 5 aromatic rings. The maximum atomic E-state index is 10.9. The number of hydrogen-bond acceptors (Lipinski definition) is 2. The molecule has 1 atom stereocenters. The van der Waals surface area contributed by atoms with Crippen LogP contribution in [-0.2, 0) is 37.9 Å². The van der Waals surface area contributed by atoms with Crippen molar-refractivity contribution in [2.75, 3.05) is 6.61 Å². The monoisotopic (exact) mass is 650 g/mol. The molecule has 0 aromatic heterocycles. The SMILES string of the molecule is O=[C-][C@H](COCc1ccccc1)c1ccccc1.[C-]#[O+].[CH]1[CH][CH][CH][CH]1.[Fe].c1ccc(P(c2ccccc2)c2ccccc2)cc1. The van der Waals surface area contributed by atoms with E-state index in [9.17, 15) is 4.79 Å². The van der Waals surface area contributed by atoms with Crippen molar-refractivity contribution in [2.24, 2.45) is 0 Å². The largest absolute Gasteiger partial charge is 0.0622 e. The van der Waals surface area contributed by atoms with Crippen molar-refractivity contribution in [3.63, 3.8) is 0 Å². The van der Waals surface area contributed by atoms with E-state index < -0.39 is 7.92 Å². The fourth-order valence-electron chi connectivity index (χ4n) is 4.25. The van der Waals surface area contributed by atoms with E-state index in [1.54, 1.807) is 0 Å². The predicted octanol–water partition coefficient (Wildman–Crippen LogP) is 7.52. The van der Waals surface area contributed by atoms with Crippen molar-refractivity contribution in [3.05, 3.63) is 202 Å². The normalized spacial score (nSPS) is 12.0. The maximum Gasteiger partial charge on any atom is 0 e. The number of ether oxygens (including phenoxy) is 1. The smallest absolute Gasteiger partial charge is 0 e. The minimum atomic E-state index is -0.446. The summed E-state index contributed by atoms with van der Waals surface area (Å²) in [6, 6.07) is 51.8. The van der Waals surface area contributed by atoms with Gasteiger partial charge in [-0.1, -0.05) is 163 Å². The number of rotatable bonds is 9. The van der Waals surface area contributed by atoms with Crippen LogP contribution in [0.1, 0.15) is 17.0 Å². The molecule has 0 spiro atoms. The van der Waals surface area contributed by atoms with Crippen LogP contribution in [0.25, 0.3) is 0 Å². The maximum absolute atomic E-state index is 10.9. The van der Waals surface area contributed by atoms with Crippen LogP contribution in [0.5, 0.6) is 0 Å². The first-order chi connectivity index (χ1) is 21.8. The van der Waals surface area contributed by atoms with Gasteiger partial charge in [0.15, 0.2) is 0 Å². The fraction of sp³-hybridized carbons (Fsp3) is 0.0750. The zero-order valence-corrected chi connectivity index (χ0v) is 26.8. The van der Waals surface area contributed by atoms with Crippen LogP contribution in [-0.4, -0.2) is 12.9 Å². The average Bonchev–Trinajstić information content (AvgIpc) is 3.71. The molecule has 6 rings (SSSR count). The van der Waals surface area contributed by atoms with Crippen LogP contribution in [0.2, 0.25) is 0 Å². The van der Waals surface area contributed by atoms with Gasteiger partial charge in [-0.15, -0.1) is 0 Å². The first-order valence-corrected chi connectivity index (χ1v) is 15.6. The topological polar surface area (TPSA) is 46.2 Å². The van der Waals surface area contributed by atoms with E-state index in [-0.39, 0.29) is 23.0 Å². The summed E-state index contributed by atoms with van der Waals surface area (Å²) in [5.74, 6) is -0.310. The molecule has 5 aromatic carbocycles. The van der Waals surface area contributed by atoms with Crippen molar-refractivity contribution >= 4 is 30.1 Å². The van der Waals surface area contributed by atoms with Crippen LogP contribution < -0.4 is 15.9 Å². The van der Waals surface area contributed by atoms with Crippen LogP contribution in [0.15, 0.2) is 152 Å². The summed E-state index contributed by atoms with van der Waals surface area (Å²) < 4.78 is 13.1. The van der Waals surface area contributed by atoms with Gasteiger partial charge in [-0.05, 0) is 61.5 Å². The van der Waals surface area contributed by atoms with Crippen LogP contribution in [0, 0.1) is 38.8 Å². The Morgan fingerprint density at radius 3 is 1.24 bits per heavy atom. The first kappa shape index (κ1) is 37.6. The molecule has 1 fully saturated rings. The summed E-state index contributed by atoms with van der Waals surface area (Å²) in [7, 11) is -0.446. The van der Waals surface area contributed by atoms with Gasteiger partial charge in [-0.2, -0.15) is 0 Å². The summed E-state index contributed by atoms with van der Waals surface area (Å²) in [5, 5.41) is 4.19. The second-order valence-electron chi connectivity index (χ2n) is 9.39. The predicted molar refractivity (Wildman–Crippen MR) is 182 cm³/mol. The number of hydrogen-bond donors (Lipinski definition) is 0. The second kappa shape index (κ2) is 23.8. The van der Waals surface area contributed by atoms with Crippen LogP contribution in [0.4, 0.5) is 0 Å². The molecule has 5 radical (unpaired) electrons. The Morgan fingerprint density at radius 2 is 0.889 bits per heavy atom. The molecule has 3 nitrogen and oxygen atoms in total. The van der Waals surface area contributed by atoms with Crippen molar-refractivity contribution in [2.45, 2.75) is 12.5 Å². The molecular formula is C40H35FeO3P-. The van der Waals surface area contributed by atoms with Gasteiger partial charge in [-0.3, -0.25) is 6.29 Å². The molecule has 0 saturated heterocycles. The van der Waals surface area contributed by atoms with Gasteiger partial charge in [0.1, 0.15) is 0 Å². The Bertz CT molecular complexity index is 1330. The van der Waals surface area contributed by atoms with Crippen molar-refractivity contribution in [3.8, 4) is 0 Å². The molecule has 1 aliphatic carbocycles. The molecule has 0 heterocycles. The van der Waals surface area contributed by atoms with Gasteiger partial charge in [0, 0.05) is 23.7 Å². The van der Waals surface area contributed by atoms with E-state index >= 15 is 0 Å². The molecule has 0 aliphatic heterocycles. The Morgan fingerprint density at radius 1 is 0.556 bits per heavy atom. The van der Waals surface area contributed by atoms with Crippen molar-refractivity contribution in [1.29, 1.82) is 0 Å². The average molecular weight is 651 g/mol. The van der Waals surface area contributed by atoms with E-state index in [4.69, 9.17) is 9.39 Å². The minimum absolute atomic E-state index is 0. The number of benzene rings is 5. The van der Waals surface area contributed by atoms with E-state index in [1.165, 1.54) is 15.9 Å². The Balaban J connectivity index is 0.000000254. The fourth-order valence-corrected chi connectivity index (χ4v) is 6.56. The van der Waals surface area contributed by atoms with Crippen LogP contribution >= 0.6 is 7.92 Å². The minimum Gasteiger partial charge on any atom is -0.0622 e. The van der Waals surface area contributed by atoms with E-state index in [1.807, 2.05) is 99.1 Å². The molecule has 45 heavy (non-hydrogen) atoms. The third kappa shape index (κ3) is 13.9. The van der Waals surface area contributed by atoms with Crippen molar-refractivity contribution < 1.29 is 31.3 Å². The van der Waals surface area contributed by atoms with Gasteiger partial charge in [0.25, 0.3) is 0 Å². The van der Waals surface area contributed by atoms with E-state index in [2.05, 4.69) is 97.6 Å². The third-order valence-corrected chi connectivity index (χ3v) is 8.78. The first-order valence-electron chi connectivity index (χ1n) is 14.2. The van der Waals surface area contributed by atoms with Gasteiger partial charge >= 0.3 is 11.3 Å². The standard InChI is InChI=1S/C18H15P.C16H15O2.C5H5.CO.Fe/c1-4-10-16(11-5-1)19(17-12-6-2-7-13-17)18-14-8-3-9-15-18;17-11-16(15-9-5-2-6-10-15)13-18-12-14-7-3-1-4-8-14;1-2-4-5-3-1;1-2;/h1-15H;1-10,16H,12-13H2;1-5H;;/q;-1;;;/t;16-;;;/m.1.../s1. The quantitative estimate of drug-likeness (QED) is 0.0718. The third-order valence-electron chi connectivity index (χ3n) is 6.34. The molecular weight excluding hydrogens is 615 g/mol. The summed E-state index contributed by atoms with van der Waals surface area (Å²) in [4.78, 5) is 10.9. The van der Waals surface area contributed by atoms with Gasteiger partial charge < -0.3 is 9.53 Å². The molecule has 227 valence electrons. The van der Waals surface area contributed by atoms with Gasteiger partial charge in [-0.25, -0.2) is 0 Å². The van der Waals surface area contributed by atoms with Gasteiger partial charge in [0.05, 0.1) is 6.61 Å². The second-order valence-corrected chi connectivity index (χ2v) is 11.6. The van der Waals surface area contributed by atoms with Crippen molar-refractivity contribution in [1.82, 2.24) is 0 Å². The summed E-state index contributed by atoms with van der Waals surface area (Å²) in [6.45, 7) is 5.38. The Hall–Kier alpha value is -3.58. The van der Waals surface area contributed by atoms with E-state index in [0.717, 1.165) is 11.1 Å². The summed E-state index contributed by atoms with van der Waals surface area (Å²) in [6.07, 6.45) is 12.0. The summed E-state index contributed by atoms with van der Waals surface area (Å²) >= 11 is 0. The molecule has 0 bridgehead atoms.